The van der Waals surface area contributed by atoms with Crippen LogP contribution in [-0.2, 0) is 13.6 Å². The van der Waals surface area contributed by atoms with Gasteiger partial charge in [0, 0.05) is 33.9 Å². The molecule has 1 N–H and O–H groups in total. The Morgan fingerprint density at radius 3 is 2.72 bits per heavy atom. The van der Waals surface area contributed by atoms with Crippen molar-refractivity contribution in [1.82, 2.24) is 24.8 Å². The molecule has 134 valence electrons. The Bertz CT molecular complexity index is 868. The number of hydrogen-bond acceptors (Lipinski definition) is 4. The number of nitrogens with one attached hydrogen (secondary N) is 1. The van der Waals surface area contributed by atoms with Crippen LogP contribution in [0.2, 0.25) is 0 Å². The molecule has 0 atom stereocenters. The van der Waals surface area contributed by atoms with Crippen LogP contribution in [0.1, 0.15) is 25.4 Å². The van der Waals surface area contributed by atoms with Crippen molar-refractivity contribution in [3.63, 3.8) is 0 Å². The van der Waals surface area contributed by atoms with Crippen LogP contribution < -0.4 is 16.0 Å². The summed E-state index contributed by atoms with van der Waals surface area (Å²) >= 11 is 0. The average molecular weight is 344 g/mol. The van der Waals surface area contributed by atoms with Crippen molar-refractivity contribution in [2.45, 2.75) is 20.4 Å². The van der Waals surface area contributed by atoms with E-state index < -0.39 is 5.95 Å². The van der Waals surface area contributed by atoms with Gasteiger partial charge in [0.1, 0.15) is 22.7 Å². The zero-order valence-corrected chi connectivity index (χ0v) is 15.4. The van der Waals surface area contributed by atoms with E-state index in [2.05, 4.69) is 19.9 Å². The second-order valence-electron chi connectivity index (χ2n) is 5.49. The number of hydrogen-bond donors (Lipinski definition) is 1. The van der Waals surface area contributed by atoms with E-state index in [-0.39, 0.29) is 0 Å². The largest absolute Gasteiger partial charge is 0.392 e. The van der Waals surface area contributed by atoms with Gasteiger partial charge in [0.2, 0.25) is 5.95 Å². The molecule has 2 heterocycles. The van der Waals surface area contributed by atoms with E-state index in [0.717, 1.165) is 16.5 Å². The predicted molar refractivity (Wildman–Crippen MR) is 98.9 cm³/mol. The summed E-state index contributed by atoms with van der Waals surface area (Å²) in [6, 6.07) is 4.73. The zero-order valence-electron chi connectivity index (χ0n) is 15.4. The molecule has 0 aromatic carbocycles. The lowest BCUT2D eigenvalue weighted by molar-refractivity contribution is 0.414. The first-order valence-corrected chi connectivity index (χ1v) is 8.25. The lowest BCUT2D eigenvalue weighted by atomic mass is 10.3. The molecule has 0 saturated carbocycles. The van der Waals surface area contributed by atoms with Crippen LogP contribution in [0.25, 0.3) is 12.3 Å². The van der Waals surface area contributed by atoms with Gasteiger partial charge in [-0.2, -0.15) is 4.39 Å². The van der Waals surface area contributed by atoms with Crippen molar-refractivity contribution in [1.29, 1.82) is 0 Å². The van der Waals surface area contributed by atoms with Gasteiger partial charge < -0.3 is 14.8 Å². The number of halogens is 1. The topological polar surface area (TPSA) is 58.3 Å². The number of aliphatic imine (C=N–C) groups is 1. The van der Waals surface area contributed by atoms with Crippen molar-refractivity contribution in [2.75, 3.05) is 20.6 Å². The Balaban J connectivity index is 2.42. The predicted octanol–water partition coefficient (Wildman–Crippen LogP) is 0.611. The molecule has 6 nitrogen and oxygen atoms in total. The maximum absolute atomic E-state index is 13.5. The van der Waals surface area contributed by atoms with Gasteiger partial charge >= 0.3 is 0 Å². The molecular formula is C18H25FN6. The molecule has 0 unspecified atom stereocenters. The highest BCUT2D eigenvalue weighted by Crippen LogP contribution is 2.08. The van der Waals surface area contributed by atoms with Crippen molar-refractivity contribution < 1.29 is 4.39 Å². The molecule has 0 aliphatic carbocycles. The van der Waals surface area contributed by atoms with Gasteiger partial charge in [-0.1, -0.05) is 12.1 Å². The number of aromatic nitrogens is 3. The first kappa shape index (κ1) is 18.6. The summed E-state index contributed by atoms with van der Waals surface area (Å²) in [4.78, 5) is 15.0. The van der Waals surface area contributed by atoms with Crippen LogP contribution in [0.4, 0.5) is 4.39 Å². The number of nitrogens with zero attached hydrogens (tertiary/aromatic N) is 5. The van der Waals surface area contributed by atoms with E-state index in [1.165, 1.54) is 6.07 Å². The molecule has 0 radical (unpaired) electrons. The van der Waals surface area contributed by atoms with Crippen molar-refractivity contribution in [3.8, 4) is 0 Å². The van der Waals surface area contributed by atoms with Crippen LogP contribution in [-0.4, -0.2) is 45.9 Å². The SMILES string of the molecule is C/C=c1\c(=C/NC)nc(CN(CC)C(=NC)c2cccc(F)n2)n1C. The molecule has 0 bridgehead atoms. The second-order valence-corrected chi connectivity index (χ2v) is 5.49. The van der Waals surface area contributed by atoms with Gasteiger partial charge in [-0.25, -0.2) is 9.97 Å². The summed E-state index contributed by atoms with van der Waals surface area (Å²) in [6.07, 6.45) is 3.90. The quantitative estimate of drug-likeness (QED) is 0.491. The zero-order chi connectivity index (χ0) is 18.4. The van der Waals surface area contributed by atoms with Gasteiger partial charge in [-0.3, -0.25) is 4.99 Å². The van der Waals surface area contributed by atoms with E-state index in [4.69, 9.17) is 4.98 Å². The lowest BCUT2D eigenvalue weighted by Crippen LogP contribution is -2.33. The second kappa shape index (κ2) is 8.41. The third-order valence-electron chi connectivity index (χ3n) is 3.98. The van der Waals surface area contributed by atoms with Crippen molar-refractivity contribution in [2.24, 2.45) is 12.0 Å². The molecule has 2 aromatic rings. The molecule has 2 rings (SSSR count). The molecule has 0 saturated heterocycles. The third-order valence-corrected chi connectivity index (χ3v) is 3.98. The minimum absolute atomic E-state index is 0.513. The van der Waals surface area contributed by atoms with Crippen molar-refractivity contribution in [3.05, 3.63) is 46.4 Å². The molecule has 0 spiro atoms. The van der Waals surface area contributed by atoms with E-state index in [1.54, 1.807) is 19.2 Å². The van der Waals surface area contributed by atoms with E-state index >= 15 is 0 Å². The summed E-state index contributed by atoms with van der Waals surface area (Å²) in [6.45, 7) is 5.27. The van der Waals surface area contributed by atoms with Gasteiger partial charge in [-0.05, 0) is 26.0 Å². The number of imidazole rings is 1. The van der Waals surface area contributed by atoms with Gasteiger partial charge in [0.05, 0.1) is 11.9 Å². The number of amidine groups is 1. The molecule has 2 aromatic heterocycles. The fraction of sp³-hybridized carbons (Fsp3) is 0.389. The van der Waals surface area contributed by atoms with Crippen LogP contribution in [0, 0.1) is 5.95 Å². The Morgan fingerprint density at radius 1 is 1.40 bits per heavy atom. The fourth-order valence-electron chi connectivity index (χ4n) is 2.77. The standard InChI is InChI=1S/C18H25FN6/c1-6-15-14(11-20-3)23-17(24(15)5)12-25(7-2)18(21-4)13-9-8-10-16(19)22-13/h6,8-11,20H,7,12H2,1-5H3/b14-11+,15-6+,21-18?. The lowest BCUT2D eigenvalue weighted by Gasteiger charge is -2.23. The third kappa shape index (κ3) is 4.04. The Kier molecular flexibility index (Phi) is 6.27. The van der Waals surface area contributed by atoms with Crippen molar-refractivity contribution >= 4 is 18.1 Å². The fourth-order valence-corrected chi connectivity index (χ4v) is 2.77. The van der Waals surface area contributed by atoms with Gasteiger partial charge in [0.25, 0.3) is 0 Å². The van der Waals surface area contributed by atoms with E-state index in [9.17, 15) is 4.39 Å². The van der Waals surface area contributed by atoms with Crippen LogP contribution in [0.3, 0.4) is 0 Å². The van der Waals surface area contributed by atoms with Crippen LogP contribution in [0.15, 0.2) is 23.2 Å². The molecular weight excluding hydrogens is 319 g/mol. The summed E-state index contributed by atoms with van der Waals surface area (Å²) in [7, 11) is 5.53. The smallest absolute Gasteiger partial charge is 0.213 e. The Labute approximate surface area is 147 Å². The summed E-state index contributed by atoms with van der Waals surface area (Å²) < 4.78 is 15.5. The highest BCUT2D eigenvalue weighted by molar-refractivity contribution is 5.96. The van der Waals surface area contributed by atoms with Gasteiger partial charge in [0.15, 0.2) is 0 Å². The molecule has 0 aliphatic rings. The summed E-state index contributed by atoms with van der Waals surface area (Å²) in [5.74, 6) is 1.03. The molecule has 0 amide bonds. The monoisotopic (exact) mass is 344 g/mol. The highest BCUT2D eigenvalue weighted by atomic mass is 19.1. The number of pyridine rings is 1. The summed E-state index contributed by atoms with van der Waals surface area (Å²) in [5.41, 5.74) is 0.517. The molecule has 7 heteroatoms. The van der Waals surface area contributed by atoms with Crippen LogP contribution in [0.5, 0.6) is 0 Å². The highest BCUT2D eigenvalue weighted by Gasteiger charge is 2.16. The minimum atomic E-state index is -0.513. The Morgan fingerprint density at radius 2 is 2.16 bits per heavy atom. The minimum Gasteiger partial charge on any atom is -0.392 e. The number of rotatable bonds is 5. The normalized spacial score (nSPS) is 13.4. The van der Waals surface area contributed by atoms with E-state index in [0.29, 0.717) is 24.6 Å². The first-order chi connectivity index (χ1) is 12.0. The first-order valence-electron chi connectivity index (χ1n) is 8.25. The van der Waals surface area contributed by atoms with E-state index in [1.807, 2.05) is 45.1 Å². The van der Waals surface area contributed by atoms with Gasteiger partial charge in [-0.15, -0.1) is 0 Å². The molecule has 0 fully saturated rings. The molecule has 25 heavy (non-hydrogen) atoms. The molecule has 0 aliphatic heterocycles. The Hall–Kier alpha value is -2.70. The maximum atomic E-state index is 13.5. The average Bonchev–Trinajstić information content (AvgIpc) is 2.89. The maximum Gasteiger partial charge on any atom is 0.213 e. The van der Waals surface area contributed by atoms with Crippen LogP contribution >= 0.6 is 0 Å². The summed E-state index contributed by atoms with van der Waals surface area (Å²) in [5, 5.41) is 4.95.